The number of phenolic OH excluding ortho intramolecular Hbond substituents is 1. The number of phenols is 1. The van der Waals surface area contributed by atoms with Crippen LogP contribution in [0.1, 0.15) is 21.5 Å². The lowest BCUT2D eigenvalue weighted by atomic mass is 9.99. The molecule has 0 spiro atoms. The first-order chi connectivity index (χ1) is 18.0. The fourth-order valence-electron chi connectivity index (χ4n) is 3.87. The molecule has 0 saturated heterocycles. The molecule has 7 heteroatoms. The minimum absolute atomic E-state index is 0.0948. The monoisotopic (exact) mass is 491 g/mol. The molecule has 6 N–H and O–H groups in total. The standard InChI is InChI=1S/C30H29N5O2/c1-32-35-29(19-27(31)26-16-7-8-17-28(26)36)33-20-21-10-9-13-23(18-21)34-30(37)25-15-6-5-14-24(25)22-11-3-2-4-12-22/h2-19,32,36H,20,31H2,1H3,(H,33,35)(H,34,37). The van der Waals surface area contributed by atoms with Gasteiger partial charge in [-0.2, -0.15) is 0 Å². The largest absolute Gasteiger partial charge is 0.507 e. The number of nitrogens with one attached hydrogen (secondary N) is 3. The van der Waals surface area contributed by atoms with E-state index in [2.05, 4.69) is 21.2 Å². The minimum Gasteiger partial charge on any atom is -0.507 e. The van der Waals surface area contributed by atoms with E-state index >= 15 is 0 Å². The molecule has 0 aromatic heterocycles. The molecule has 0 unspecified atom stereocenters. The van der Waals surface area contributed by atoms with Gasteiger partial charge in [0.2, 0.25) is 0 Å². The maximum Gasteiger partial charge on any atom is 0.256 e. The normalized spacial score (nSPS) is 11.7. The minimum atomic E-state index is -0.184. The number of nitrogens with zero attached hydrogens (tertiary/aromatic N) is 1. The Kier molecular flexibility index (Phi) is 8.31. The number of nitrogens with two attached hydrogens (primary N) is 1. The topological polar surface area (TPSA) is 112 Å². The van der Waals surface area contributed by atoms with Gasteiger partial charge < -0.3 is 21.6 Å². The zero-order valence-electron chi connectivity index (χ0n) is 20.5. The molecule has 0 fully saturated rings. The van der Waals surface area contributed by atoms with Crippen molar-refractivity contribution in [3.05, 3.63) is 126 Å². The number of aromatic hydroxyl groups is 1. The van der Waals surface area contributed by atoms with E-state index in [0.717, 1.165) is 16.7 Å². The third kappa shape index (κ3) is 6.62. The molecule has 1 amide bonds. The third-order valence-electron chi connectivity index (χ3n) is 5.63. The molecule has 4 aromatic rings. The van der Waals surface area contributed by atoms with Crippen molar-refractivity contribution >= 4 is 23.1 Å². The Morgan fingerprint density at radius 3 is 2.35 bits per heavy atom. The van der Waals surface area contributed by atoms with Crippen molar-refractivity contribution in [1.29, 1.82) is 0 Å². The molecule has 4 aromatic carbocycles. The SMILES string of the molecule is CNNC(C=C(N)c1ccccc1O)=NCc1cccc(NC(=O)c2ccccc2-c2ccccc2)c1. The Morgan fingerprint density at radius 2 is 1.59 bits per heavy atom. The summed E-state index contributed by atoms with van der Waals surface area (Å²) in [5, 5.41) is 13.1. The van der Waals surface area contributed by atoms with Gasteiger partial charge in [-0.25, -0.2) is 5.43 Å². The number of para-hydroxylation sites is 1. The summed E-state index contributed by atoms with van der Waals surface area (Å²) in [6.45, 7) is 0.346. The second-order valence-corrected chi connectivity index (χ2v) is 8.26. The lowest BCUT2D eigenvalue weighted by molar-refractivity contribution is 0.102. The maximum absolute atomic E-state index is 13.2. The summed E-state index contributed by atoms with van der Waals surface area (Å²) in [5.41, 5.74) is 16.9. The van der Waals surface area contributed by atoms with Crippen LogP contribution in [0.25, 0.3) is 16.8 Å². The van der Waals surface area contributed by atoms with Crippen LogP contribution < -0.4 is 21.9 Å². The molecule has 0 heterocycles. The van der Waals surface area contributed by atoms with Crippen LogP contribution in [0.5, 0.6) is 5.75 Å². The van der Waals surface area contributed by atoms with Gasteiger partial charge in [0.15, 0.2) is 0 Å². The second-order valence-electron chi connectivity index (χ2n) is 8.26. The van der Waals surface area contributed by atoms with E-state index < -0.39 is 0 Å². The predicted molar refractivity (Wildman–Crippen MR) is 150 cm³/mol. The van der Waals surface area contributed by atoms with Gasteiger partial charge in [-0.1, -0.05) is 72.8 Å². The number of carbonyl (C=O) groups is 1. The lowest BCUT2D eigenvalue weighted by Crippen LogP contribution is -2.33. The van der Waals surface area contributed by atoms with Gasteiger partial charge in [-0.15, -0.1) is 0 Å². The summed E-state index contributed by atoms with van der Waals surface area (Å²) in [4.78, 5) is 17.8. The average Bonchev–Trinajstić information content (AvgIpc) is 2.93. The summed E-state index contributed by atoms with van der Waals surface area (Å²) in [7, 11) is 1.73. The number of hydrazine groups is 1. The van der Waals surface area contributed by atoms with Crippen LogP contribution >= 0.6 is 0 Å². The number of aliphatic imine (C=N–C) groups is 1. The molecule has 0 aliphatic heterocycles. The molecule has 0 radical (unpaired) electrons. The Morgan fingerprint density at radius 1 is 0.892 bits per heavy atom. The van der Waals surface area contributed by atoms with Crippen LogP contribution in [-0.4, -0.2) is 23.9 Å². The fraction of sp³-hybridized carbons (Fsp3) is 0.0667. The van der Waals surface area contributed by atoms with Gasteiger partial charge in [0.05, 0.1) is 6.54 Å². The van der Waals surface area contributed by atoms with Gasteiger partial charge in [0.25, 0.3) is 5.91 Å². The zero-order chi connectivity index (χ0) is 26.0. The van der Waals surface area contributed by atoms with Gasteiger partial charge in [-0.05, 0) is 47.0 Å². The molecular weight excluding hydrogens is 462 g/mol. The molecule has 0 aliphatic carbocycles. The number of rotatable bonds is 8. The first-order valence-electron chi connectivity index (χ1n) is 11.8. The van der Waals surface area contributed by atoms with E-state index in [0.29, 0.717) is 34.9 Å². The Balaban J connectivity index is 1.51. The van der Waals surface area contributed by atoms with Crippen LogP contribution in [0.15, 0.2) is 114 Å². The van der Waals surface area contributed by atoms with E-state index in [9.17, 15) is 9.90 Å². The Hall–Kier alpha value is -4.88. The smallest absolute Gasteiger partial charge is 0.256 e. The quantitative estimate of drug-likeness (QED) is 0.136. The first-order valence-corrected chi connectivity index (χ1v) is 11.8. The summed E-state index contributed by atoms with van der Waals surface area (Å²) in [6, 6.07) is 31.8. The second kappa shape index (κ2) is 12.2. The number of hydrogen-bond donors (Lipinski definition) is 5. The molecule has 186 valence electrons. The number of amides is 1. The number of hydrogen-bond acceptors (Lipinski definition) is 5. The van der Waals surface area contributed by atoms with Crippen molar-refractivity contribution in [2.45, 2.75) is 6.54 Å². The van der Waals surface area contributed by atoms with Gasteiger partial charge in [0.1, 0.15) is 11.6 Å². The Bertz CT molecular complexity index is 1430. The highest BCUT2D eigenvalue weighted by Crippen LogP contribution is 2.25. The van der Waals surface area contributed by atoms with Crippen LogP contribution in [0.4, 0.5) is 5.69 Å². The highest BCUT2D eigenvalue weighted by atomic mass is 16.3. The summed E-state index contributed by atoms with van der Waals surface area (Å²) >= 11 is 0. The van der Waals surface area contributed by atoms with Crippen LogP contribution in [-0.2, 0) is 6.54 Å². The van der Waals surface area contributed by atoms with Gasteiger partial charge in [-0.3, -0.25) is 9.79 Å². The predicted octanol–water partition coefficient (Wildman–Crippen LogP) is 4.93. The van der Waals surface area contributed by atoms with E-state index in [1.54, 1.807) is 37.4 Å². The molecule has 37 heavy (non-hydrogen) atoms. The molecular formula is C30H29N5O2. The van der Waals surface area contributed by atoms with Gasteiger partial charge in [0, 0.05) is 35.6 Å². The fourth-order valence-corrected chi connectivity index (χ4v) is 3.87. The first kappa shape index (κ1) is 25.2. The van der Waals surface area contributed by atoms with Crippen LogP contribution in [0.3, 0.4) is 0 Å². The molecule has 0 atom stereocenters. The van der Waals surface area contributed by atoms with Gasteiger partial charge >= 0.3 is 0 Å². The molecule has 0 saturated carbocycles. The molecule has 4 rings (SSSR count). The van der Waals surface area contributed by atoms with E-state index in [1.165, 1.54) is 0 Å². The molecule has 7 nitrogen and oxygen atoms in total. The molecule has 0 bridgehead atoms. The highest BCUT2D eigenvalue weighted by molar-refractivity contribution is 6.08. The number of carbonyl (C=O) groups excluding carboxylic acids is 1. The van der Waals surface area contributed by atoms with Crippen molar-refractivity contribution in [2.24, 2.45) is 10.7 Å². The Labute approximate surface area is 216 Å². The highest BCUT2D eigenvalue weighted by Gasteiger charge is 2.13. The number of amidine groups is 1. The van der Waals surface area contributed by atoms with Crippen molar-refractivity contribution < 1.29 is 9.90 Å². The third-order valence-corrected chi connectivity index (χ3v) is 5.63. The van der Waals surface area contributed by atoms with Crippen molar-refractivity contribution in [1.82, 2.24) is 10.9 Å². The maximum atomic E-state index is 13.2. The summed E-state index contributed by atoms with van der Waals surface area (Å²) in [5.74, 6) is 0.405. The zero-order valence-corrected chi connectivity index (χ0v) is 20.5. The summed E-state index contributed by atoms with van der Waals surface area (Å²) < 4.78 is 0. The lowest BCUT2D eigenvalue weighted by Gasteiger charge is -2.11. The van der Waals surface area contributed by atoms with E-state index in [-0.39, 0.29) is 11.7 Å². The van der Waals surface area contributed by atoms with Crippen molar-refractivity contribution in [3.8, 4) is 16.9 Å². The van der Waals surface area contributed by atoms with E-state index in [1.807, 2.05) is 78.9 Å². The van der Waals surface area contributed by atoms with Crippen LogP contribution in [0, 0.1) is 0 Å². The number of anilines is 1. The summed E-state index contributed by atoms with van der Waals surface area (Å²) in [6.07, 6.45) is 1.65. The van der Waals surface area contributed by atoms with Crippen LogP contribution in [0.2, 0.25) is 0 Å². The molecule has 0 aliphatic rings. The average molecular weight is 492 g/mol. The number of benzene rings is 4. The van der Waals surface area contributed by atoms with Crippen molar-refractivity contribution in [2.75, 3.05) is 12.4 Å². The van der Waals surface area contributed by atoms with E-state index in [4.69, 9.17) is 5.73 Å². The van der Waals surface area contributed by atoms with Crippen molar-refractivity contribution in [3.63, 3.8) is 0 Å².